The number of rotatable bonds is 3. The average molecular weight is 438 g/mol. The maximum absolute atomic E-state index is 13.0. The molecule has 2 aliphatic rings. The number of piperidine rings is 1. The van der Waals surface area contributed by atoms with Crippen molar-refractivity contribution >= 4 is 11.6 Å². The molecule has 9 heteroatoms. The number of hydrogen-bond donors (Lipinski definition) is 1. The van der Waals surface area contributed by atoms with Gasteiger partial charge < -0.3 is 10.6 Å². The van der Waals surface area contributed by atoms with Crippen LogP contribution in [-0.4, -0.2) is 51.2 Å². The predicted molar refractivity (Wildman–Crippen MR) is 111 cm³/mol. The highest BCUT2D eigenvalue weighted by Crippen LogP contribution is 2.43. The van der Waals surface area contributed by atoms with Crippen LogP contribution in [0.2, 0.25) is 0 Å². The van der Waals surface area contributed by atoms with Crippen LogP contribution in [0.4, 0.5) is 13.2 Å². The van der Waals surface area contributed by atoms with Crippen LogP contribution in [0.1, 0.15) is 67.9 Å². The molecule has 0 radical (unpaired) electrons. The molecule has 1 amide bonds. The fourth-order valence-electron chi connectivity index (χ4n) is 5.14. The molecule has 4 rings (SSSR count). The van der Waals surface area contributed by atoms with Crippen LogP contribution < -0.4 is 5.73 Å². The quantitative estimate of drug-likeness (QED) is 0.793. The molecule has 0 aromatic carbocycles. The van der Waals surface area contributed by atoms with Crippen molar-refractivity contribution in [1.82, 2.24) is 19.5 Å². The van der Waals surface area contributed by atoms with Crippen molar-refractivity contribution in [2.75, 3.05) is 19.6 Å². The lowest BCUT2D eigenvalue weighted by atomic mass is 9.80. The van der Waals surface area contributed by atoms with Crippen LogP contribution in [0.3, 0.4) is 0 Å². The maximum atomic E-state index is 13.0. The molecule has 2 N–H and O–H groups in total. The molecule has 1 saturated heterocycles. The largest absolute Gasteiger partial charge is 0.391 e. The Kier molecular flexibility index (Phi) is 5.98. The van der Waals surface area contributed by atoms with E-state index in [9.17, 15) is 18.0 Å². The molecular weight excluding hydrogens is 407 g/mol. The number of halogens is 3. The van der Waals surface area contributed by atoms with Gasteiger partial charge in [-0.25, -0.2) is 9.50 Å². The number of carbonyl (C=O) groups is 1. The van der Waals surface area contributed by atoms with E-state index in [4.69, 9.17) is 10.8 Å². The lowest BCUT2D eigenvalue weighted by Crippen LogP contribution is -2.45. The number of aryl methyl sites for hydroxylation is 1. The maximum Gasteiger partial charge on any atom is 0.391 e. The van der Waals surface area contributed by atoms with E-state index < -0.39 is 12.1 Å². The zero-order valence-electron chi connectivity index (χ0n) is 18.0. The van der Waals surface area contributed by atoms with Crippen molar-refractivity contribution in [2.45, 2.75) is 64.0 Å². The second-order valence-electron chi connectivity index (χ2n) is 9.17. The minimum atomic E-state index is -4.11. The highest BCUT2D eigenvalue weighted by atomic mass is 19.4. The average Bonchev–Trinajstić information content (AvgIpc) is 3.16. The summed E-state index contributed by atoms with van der Waals surface area (Å²) in [6.45, 7) is 5.40. The molecular formula is C22H30F3N5O. The first kappa shape index (κ1) is 22.0. The number of likely N-dealkylation sites (tertiary alicyclic amines) is 1. The molecule has 170 valence electrons. The molecule has 0 spiro atoms. The Morgan fingerprint density at radius 1 is 1.19 bits per heavy atom. The molecule has 6 nitrogen and oxygen atoms in total. The third-order valence-electron chi connectivity index (χ3n) is 7.08. The second-order valence-corrected chi connectivity index (χ2v) is 9.17. The van der Waals surface area contributed by atoms with E-state index in [0.29, 0.717) is 31.8 Å². The fourth-order valence-corrected chi connectivity index (χ4v) is 5.14. The standard InChI is InChI=1S/C22H30F3N5O/c1-13-7-8-29(21(31)11-26)12-17(13)19-9-14(2)27-20-10-18(28-30(19)20)15-3-5-16(6-4-15)22(23,24)25/h9-10,13,15-17H,3-8,11-12,26H2,1-2H3/t13-,15?,16?,17-/m1/s1. The molecule has 2 aromatic rings. The molecule has 3 heterocycles. The first-order chi connectivity index (χ1) is 14.7. The Morgan fingerprint density at radius 3 is 2.55 bits per heavy atom. The highest BCUT2D eigenvalue weighted by molar-refractivity contribution is 5.78. The summed E-state index contributed by atoms with van der Waals surface area (Å²) in [7, 11) is 0. The third-order valence-corrected chi connectivity index (χ3v) is 7.08. The normalized spacial score (nSPS) is 27.6. The van der Waals surface area contributed by atoms with E-state index in [1.54, 1.807) is 0 Å². The molecule has 2 fully saturated rings. The van der Waals surface area contributed by atoms with Crippen molar-refractivity contribution in [3.8, 4) is 0 Å². The molecule has 31 heavy (non-hydrogen) atoms. The van der Waals surface area contributed by atoms with Crippen molar-refractivity contribution in [3.63, 3.8) is 0 Å². The van der Waals surface area contributed by atoms with Crippen LogP contribution in [0.5, 0.6) is 0 Å². The van der Waals surface area contributed by atoms with Crippen molar-refractivity contribution in [1.29, 1.82) is 0 Å². The Morgan fingerprint density at radius 2 is 1.90 bits per heavy atom. The number of fused-ring (bicyclic) bond motifs is 1. The lowest BCUT2D eigenvalue weighted by Gasteiger charge is -2.37. The summed E-state index contributed by atoms with van der Waals surface area (Å²) in [4.78, 5) is 18.6. The van der Waals surface area contributed by atoms with Crippen molar-refractivity contribution in [2.24, 2.45) is 17.6 Å². The van der Waals surface area contributed by atoms with Gasteiger partial charge in [-0.05, 0) is 51.0 Å². The van der Waals surface area contributed by atoms with Gasteiger partial charge in [0.25, 0.3) is 0 Å². The smallest absolute Gasteiger partial charge is 0.341 e. The lowest BCUT2D eigenvalue weighted by molar-refractivity contribution is -0.182. The van der Waals surface area contributed by atoms with E-state index in [1.165, 1.54) is 0 Å². The number of alkyl halides is 3. The monoisotopic (exact) mass is 437 g/mol. The molecule has 2 aromatic heterocycles. The third kappa shape index (κ3) is 4.42. The van der Waals surface area contributed by atoms with Gasteiger partial charge in [0.1, 0.15) is 0 Å². The number of amides is 1. The van der Waals surface area contributed by atoms with Gasteiger partial charge >= 0.3 is 6.18 Å². The number of nitrogens with two attached hydrogens (primary N) is 1. The van der Waals surface area contributed by atoms with E-state index in [2.05, 4.69) is 11.9 Å². The van der Waals surface area contributed by atoms with Gasteiger partial charge in [0, 0.05) is 36.7 Å². The summed E-state index contributed by atoms with van der Waals surface area (Å²) in [5.74, 6) is -0.774. The van der Waals surface area contributed by atoms with Gasteiger partial charge in [0.2, 0.25) is 5.91 Å². The SMILES string of the molecule is Cc1cc([C@@H]2CN(C(=O)CN)CC[C@H]2C)n2nc(C3CCC(C(F)(F)F)CC3)cc2n1. The van der Waals surface area contributed by atoms with Crippen LogP contribution >= 0.6 is 0 Å². The summed E-state index contributed by atoms with van der Waals surface area (Å²) < 4.78 is 40.9. The Balaban J connectivity index is 1.62. The van der Waals surface area contributed by atoms with Crippen LogP contribution in [0, 0.1) is 18.8 Å². The Labute approximate surface area is 180 Å². The van der Waals surface area contributed by atoms with Gasteiger partial charge in [-0.3, -0.25) is 4.79 Å². The minimum Gasteiger partial charge on any atom is -0.341 e. The number of carbonyl (C=O) groups excluding carboxylic acids is 1. The van der Waals surface area contributed by atoms with Gasteiger partial charge in [0.05, 0.1) is 23.9 Å². The Bertz CT molecular complexity index is 949. The number of hydrogen-bond acceptors (Lipinski definition) is 4. The predicted octanol–water partition coefficient (Wildman–Crippen LogP) is 3.78. The van der Waals surface area contributed by atoms with Crippen molar-refractivity contribution < 1.29 is 18.0 Å². The van der Waals surface area contributed by atoms with Gasteiger partial charge in [-0.1, -0.05) is 6.92 Å². The first-order valence-electron chi connectivity index (χ1n) is 11.1. The van der Waals surface area contributed by atoms with Gasteiger partial charge in [-0.2, -0.15) is 18.3 Å². The zero-order valence-corrected chi connectivity index (χ0v) is 18.0. The first-order valence-corrected chi connectivity index (χ1v) is 11.1. The summed E-state index contributed by atoms with van der Waals surface area (Å²) in [6, 6.07) is 3.94. The zero-order chi connectivity index (χ0) is 22.3. The summed E-state index contributed by atoms with van der Waals surface area (Å²) in [5, 5.41) is 4.81. The highest BCUT2D eigenvalue weighted by Gasteiger charge is 2.42. The van der Waals surface area contributed by atoms with Crippen LogP contribution in [0.15, 0.2) is 12.1 Å². The summed E-state index contributed by atoms with van der Waals surface area (Å²) in [5.41, 5.74) is 8.97. The fraction of sp³-hybridized carbons (Fsp3) is 0.682. The molecule has 0 bridgehead atoms. The second kappa shape index (κ2) is 8.41. The molecule has 2 atom stereocenters. The minimum absolute atomic E-state index is 0.00158. The summed E-state index contributed by atoms with van der Waals surface area (Å²) >= 11 is 0. The molecule has 1 aliphatic heterocycles. The number of nitrogens with zero attached hydrogens (tertiary/aromatic N) is 4. The van der Waals surface area contributed by atoms with Crippen LogP contribution in [-0.2, 0) is 4.79 Å². The number of aromatic nitrogens is 3. The van der Waals surface area contributed by atoms with Crippen molar-refractivity contribution in [3.05, 3.63) is 29.2 Å². The van der Waals surface area contributed by atoms with E-state index >= 15 is 0 Å². The summed E-state index contributed by atoms with van der Waals surface area (Å²) in [6.07, 6.45) is -1.95. The van der Waals surface area contributed by atoms with Gasteiger partial charge in [-0.15, -0.1) is 0 Å². The van der Waals surface area contributed by atoms with Gasteiger partial charge in [0.15, 0.2) is 5.65 Å². The topological polar surface area (TPSA) is 76.5 Å². The van der Waals surface area contributed by atoms with Crippen LogP contribution in [0.25, 0.3) is 5.65 Å². The molecule has 1 saturated carbocycles. The molecule has 0 unspecified atom stereocenters. The Hall–Kier alpha value is -2.16. The molecule has 1 aliphatic carbocycles. The van der Waals surface area contributed by atoms with E-state index in [-0.39, 0.29) is 37.1 Å². The van der Waals surface area contributed by atoms with E-state index in [0.717, 1.165) is 29.1 Å². The van der Waals surface area contributed by atoms with E-state index in [1.807, 2.05) is 28.5 Å².